The van der Waals surface area contributed by atoms with Gasteiger partial charge in [-0.05, 0) is 33.8 Å². The smallest absolute Gasteiger partial charge is 0.0900 e. The topological polar surface area (TPSA) is 55.9 Å². The van der Waals surface area contributed by atoms with Crippen molar-refractivity contribution in [2.24, 2.45) is 12.9 Å². The molecule has 1 aromatic carbocycles. The second-order valence-corrected chi connectivity index (χ2v) is 5.55. The predicted molar refractivity (Wildman–Crippen MR) is 78.3 cm³/mol. The molecular weight excluding hydrogens is 312 g/mol. The monoisotopic (exact) mass is 326 g/mol. The molecule has 1 heterocycles. The molecule has 4 nitrogen and oxygen atoms in total. The van der Waals surface area contributed by atoms with Crippen molar-refractivity contribution in [3.8, 4) is 0 Å². The van der Waals surface area contributed by atoms with Gasteiger partial charge in [0.2, 0.25) is 0 Å². The normalized spacial score (nSPS) is 12.7. The van der Waals surface area contributed by atoms with Crippen molar-refractivity contribution in [1.29, 1.82) is 0 Å². The Morgan fingerprint density at radius 2 is 2.17 bits per heavy atom. The molecule has 6 heteroatoms. The molecule has 0 aliphatic carbocycles. The summed E-state index contributed by atoms with van der Waals surface area (Å²) in [7, 11) is 1.91. The van der Waals surface area contributed by atoms with Crippen molar-refractivity contribution in [3.05, 3.63) is 46.2 Å². The average Bonchev–Trinajstić information content (AvgIpc) is 2.72. The van der Waals surface area contributed by atoms with Gasteiger partial charge in [-0.1, -0.05) is 18.2 Å². The first-order chi connectivity index (χ1) is 8.69. The van der Waals surface area contributed by atoms with Gasteiger partial charge in [0.1, 0.15) is 0 Å². The van der Waals surface area contributed by atoms with Crippen molar-refractivity contribution in [2.45, 2.75) is 10.9 Å². The van der Waals surface area contributed by atoms with E-state index in [0.717, 1.165) is 15.7 Å². The standard InChI is InChI=1S/C12H15BrN4S/c1-17-12(9(13)7-15-17)11(16-14)8-5-3-4-6-10(8)18-2/h3-7,11,16H,14H2,1-2H3. The number of aryl methyl sites for hydroxylation is 1. The zero-order valence-corrected chi connectivity index (χ0v) is 12.6. The zero-order chi connectivity index (χ0) is 13.1. The van der Waals surface area contributed by atoms with Crippen LogP contribution in [-0.2, 0) is 7.05 Å². The van der Waals surface area contributed by atoms with E-state index >= 15 is 0 Å². The molecule has 96 valence electrons. The molecule has 1 aromatic heterocycles. The lowest BCUT2D eigenvalue weighted by molar-refractivity contribution is 0.567. The summed E-state index contributed by atoms with van der Waals surface area (Å²) in [6.45, 7) is 0. The minimum atomic E-state index is -0.0875. The van der Waals surface area contributed by atoms with Gasteiger partial charge in [-0.2, -0.15) is 5.10 Å². The van der Waals surface area contributed by atoms with Crippen LogP contribution < -0.4 is 11.3 Å². The largest absolute Gasteiger partial charge is 0.271 e. The number of nitrogens with two attached hydrogens (primary N) is 1. The van der Waals surface area contributed by atoms with E-state index in [4.69, 9.17) is 5.84 Å². The van der Waals surface area contributed by atoms with Crippen LogP contribution in [0.5, 0.6) is 0 Å². The van der Waals surface area contributed by atoms with Gasteiger partial charge in [0.25, 0.3) is 0 Å². The Balaban J connectivity index is 2.52. The summed E-state index contributed by atoms with van der Waals surface area (Å²) in [4.78, 5) is 1.20. The first-order valence-electron chi connectivity index (χ1n) is 5.45. The van der Waals surface area contributed by atoms with E-state index in [9.17, 15) is 0 Å². The number of halogens is 1. The molecule has 0 aliphatic rings. The minimum Gasteiger partial charge on any atom is -0.271 e. The molecule has 0 amide bonds. The highest BCUT2D eigenvalue weighted by Crippen LogP contribution is 2.32. The summed E-state index contributed by atoms with van der Waals surface area (Å²) in [6.07, 6.45) is 3.84. The van der Waals surface area contributed by atoms with Crippen LogP contribution in [-0.4, -0.2) is 16.0 Å². The Morgan fingerprint density at radius 1 is 1.44 bits per heavy atom. The Bertz CT molecular complexity index is 521. The molecular formula is C12H15BrN4S. The van der Waals surface area contributed by atoms with Gasteiger partial charge in [-0.15, -0.1) is 11.8 Å². The fourth-order valence-corrected chi connectivity index (χ4v) is 3.18. The van der Waals surface area contributed by atoms with Gasteiger partial charge in [0.05, 0.1) is 22.4 Å². The van der Waals surface area contributed by atoms with Crippen LogP contribution in [0, 0.1) is 0 Å². The van der Waals surface area contributed by atoms with Gasteiger partial charge in [-0.25, -0.2) is 5.43 Å². The van der Waals surface area contributed by atoms with Crippen LogP contribution in [0.4, 0.5) is 0 Å². The molecule has 2 aromatic rings. The van der Waals surface area contributed by atoms with E-state index in [1.807, 2.05) is 23.9 Å². The van der Waals surface area contributed by atoms with Crippen molar-refractivity contribution >= 4 is 27.7 Å². The summed E-state index contributed by atoms with van der Waals surface area (Å²) in [6, 6.07) is 8.13. The van der Waals surface area contributed by atoms with Crippen LogP contribution >= 0.6 is 27.7 Å². The molecule has 0 saturated carbocycles. The van der Waals surface area contributed by atoms with E-state index in [1.165, 1.54) is 4.90 Å². The van der Waals surface area contributed by atoms with E-state index in [2.05, 4.69) is 44.8 Å². The molecule has 0 bridgehead atoms. The summed E-state index contributed by atoms with van der Waals surface area (Å²) in [5.74, 6) is 5.74. The number of nitrogens with zero attached hydrogens (tertiary/aromatic N) is 2. The lowest BCUT2D eigenvalue weighted by Gasteiger charge is -2.20. The highest BCUT2D eigenvalue weighted by molar-refractivity contribution is 9.10. The fraction of sp³-hybridized carbons (Fsp3) is 0.250. The maximum absolute atomic E-state index is 5.74. The molecule has 0 radical (unpaired) electrons. The van der Waals surface area contributed by atoms with Crippen LogP contribution in [0.1, 0.15) is 17.3 Å². The predicted octanol–water partition coefficient (Wildman–Crippen LogP) is 2.46. The second-order valence-electron chi connectivity index (χ2n) is 3.84. The lowest BCUT2D eigenvalue weighted by atomic mass is 10.0. The molecule has 3 N–H and O–H groups in total. The van der Waals surface area contributed by atoms with Gasteiger partial charge in [-0.3, -0.25) is 10.5 Å². The lowest BCUT2D eigenvalue weighted by Crippen LogP contribution is -2.31. The minimum absolute atomic E-state index is 0.0875. The van der Waals surface area contributed by atoms with Crippen LogP contribution in [0.3, 0.4) is 0 Å². The molecule has 1 unspecified atom stereocenters. The zero-order valence-electron chi connectivity index (χ0n) is 10.2. The Morgan fingerprint density at radius 3 is 2.72 bits per heavy atom. The van der Waals surface area contributed by atoms with E-state index < -0.39 is 0 Å². The number of hydrazine groups is 1. The summed E-state index contributed by atoms with van der Waals surface area (Å²) < 4.78 is 2.77. The van der Waals surface area contributed by atoms with Crippen LogP contribution in [0.25, 0.3) is 0 Å². The van der Waals surface area contributed by atoms with E-state index in [-0.39, 0.29) is 6.04 Å². The third-order valence-corrected chi connectivity index (χ3v) is 4.25. The third kappa shape index (κ3) is 2.47. The quantitative estimate of drug-likeness (QED) is 0.515. The highest BCUT2D eigenvalue weighted by atomic mass is 79.9. The fourth-order valence-electron chi connectivity index (χ4n) is 1.97. The Hall–Kier alpha value is -0.820. The first-order valence-corrected chi connectivity index (χ1v) is 7.47. The van der Waals surface area contributed by atoms with Gasteiger partial charge in [0.15, 0.2) is 0 Å². The number of rotatable bonds is 4. The number of thioether (sulfide) groups is 1. The number of aromatic nitrogens is 2. The molecule has 0 fully saturated rings. The summed E-state index contributed by atoms with van der Waals surface area (Å²) in [5, 5.41) is 4.23. The van der Waals surface area contributed by atoms with Gasteiger partial charge >= 0.3 is 0 Å². The van der Waals surface area contributed by atoms with E-state index in [1.54, 1.807) is 18.0 Å². The third-order valence-electron chi connectivity index (χ3n) is 2.83. The molecule has 18 heavy (non-hydrogen) atoms. The Labute approximate surface area is 119 Å². The summed E-state index contributed by atoms with van der Waals surface area (Å²) >= 11 is 5.22. The molecule has 1 atom stereocenters. The SMILES string of the molecule is CSc1ccccc1C(NN)c1c(Br)cnn1C. The first kappa shape index (κ1) is 13.6. The number of nitrogens with one attached hydrogen (secondary N) is 1. The van der Waals surface area contributed by atoms with Crippen molar-refractivity contribution < 1.29 is 0 Å². The summed E-state index contributed by atoms with van der Waals surface area (Å²) in [5.41, 5.74) is 5.04. The van der Waals surface area contributed by atoms with Crippen molar-refractivity contribution in [2.75, 3.05) is 6.26 Å². The Kier molecular flexibility index (Phi) is 4.45. The average molecular weight is 327 g/mol. The van der Waals surface area contributed by atoms with Gasteiger partial charge in [0, 0.05) is 11.9 Å². The van der Waals surface area contributed by atoms with Crippen LogP contribution in [0.15, 0.2) is 39.8 Å². The number of hydrogen-bond donors (Lipinski definition) is 2. The highest BCUT2D eigenvalue weighted by Gasteiger charge is 2.21. The number of hydrogen-bond acceptors (Lipinski definition) is 4. The number of benzene rings is 1. The molecule has 0 saturated heterocycles. The van der Waals surface area contributed by atoms with E-state index in [0.29, 0.717) is 0 Å². The molecule has 0 aliphatic heterocycles. The molecule has 2 rings (SSSR count). The second kappa shape index (κ2) is 5.88. The van der Waals surface area contributed by atoms with Crippen molar-refractivity contribution in [3.63, 3.8) is 0 Å². The maximum atomic E-state index is 5.74. The van der Waals surface area contributed by atoms with Gasteiger partial charge < -0.3 is 0 Å². The maximum Gasteiger partial charge on any atom is 0.0900 e. The molecule has 0 spiro atoms. The van der Waals surface area contributed by atoms with Crippen LogP contribution in [0.2, 0.25) is 0 Å². The van der Waals surface area contributed by atoms with Crippen molar-refractivity contribution in [1.82, 2.24) is 15.2 Å².